The average molecular weight is 471 g/mol. The van der Waals surface area contributed by atoms with Crippen LogP contribution in [0.5, 0.6) is 0 Å². The smallest absolute Gasteiger partial charge is 0.349 e. The molecule has 2 bridgehead atoms. The molecule has 8 heteroatoms. The molecule has 2 aliphatic heterocycles. The molecule has 2 aromatic carbocycles. The number of nitrogens with zero attached hydrogens (tertiary/aromatic N) is 3. The molecule has 0 aliphatic carbocycles. The van der Waals surface area contributed by atoms with E-state index in [0.29, 0.717) is 23.9 Å². The Labute approximate surface area is 197 Å². The molecule has 3 unspecified atom stereocenters. The minimum atomic E-state index is -4.49. The van der Waals surface area contributed by atoms with Crippen molar-refractivity contribution in [1.29, 1.82) is 0 Å². The Bertz CT molecular complexity index is 1150. The Kier molecular flexibility index (Phi) is 6.10. The van der Waals surface area contributed by atoms with Gasteiger partial charge in [0.05, 0.1) is 17.1 Å². The van der Waals surface area contributed by atoms with Gasteiger partial charge in [0.2, 0.25) is 11.7 Å². The summed E-state index contributed by atoms with van der Waals surface area (Å²) in [7, 11) is 0. The van der Waals surface area contributed by atoms with E-state index < -0.39 is 12.0 Å². The molecule has 5 nitrogen and oxygen atoms in total. The highest BCUT2D eigenvalue weighted by molar-refractivity contribution is 5.76. The van der Waals surface area contributed by atoms with Crippen molar-refractivity contribution in [3.05, 3.63) is 66.0 Å². The van der Waals surface area contributed by atoms with Crippen LogP contribution in [-0.4, -0.2) is 39.0 Å². The second-order valence-corrected chi connectivity index (χ2v) is 9.49. The van der Waals surface area contributed by atoms with Crippen molar-refractivity contribution in [3.63, 3.8) is 0 Å². The van der Waals surface area contributed by atoms with E-state index in [9.17, 15) is 18.0 Å². The summed E-state index contributed by atoms with van der Waals surface area (Å²) in [4.78, 5) is 18.2. The molecule has 5 rings (SSSR count). The lowest BCUT2D eigenvalue weighted by molar-refractivity contribution is -0.148. The number of nitrogens with one attached hydrogen (secondary N) is 1. The predicted octanol–water partition coefficient (Wildman–Crippen LogP) is 5.49. The zero-order chi connectivity index (χ0) is 23.9. The number of halogens is 3. The van der Waals surface area contributed by atoms with Crippen molar-refractivity contribution in [2.75, 3.05) is 6.54 Å². The van der Waals surface area contributed by atoms with Crippen LogP contribution in [0.15, 0.2) is 54.6 Å². The highest BCUT2D eigenvalue weighted by atomic mass is 19.4. The second kappa shape index (κ2) is 9.06. The largest absolute Gasteiger partial charge is 0.449 e. The van der Waals surface area contributed by atoms with E-state index in [1.165, 1.54) is 11.5 Å². The molecule has 3 atom stereocenters. The van der Waals surface area contributed by atoms with Crippen molar-refractivity contribution >= 4 is 16.9 Å². The van der Waals surface area contributed by atoms with Gasteiger partial charge in [0.1, 0.15) is 0 Å². The monoisotopic (exact) mass is 470 g/mol. The van der Waals surface area contributed by atoms with Gasteiger partial charge in [0.25, 0.3) is 0 Å². The number of fused-ring (bicyclic) bond motifs is 3. The molecule has 3 aromatic rings. The fourth-order valence-corrected chi connectivity index (χ4v) is 5.97. The number of benzene rings is 2. The van der Waals surface area contributed by atoms with E-state index in [-0.39, 0.29) is 30.1 Å². The molecule has 0 saturated carbocycles. The molecule has 180 valence electrons. The number of hydrogen-bond donors (Lipinski definition) is 1. The minimum Gasteiger partial charge on any atom is -0.349 e. The third-order valence-electron chi connectivity index (χ3n) is 7.33. The van der Waals surface area contributed by atoms with Crippen LogP contribution in [0.2, 0.25) is 0 Å². The molecule has 1 amide bonds. The van der Waals surface area contributed by atoms with E-state index in [2.05, 4.69) is 15.2 Å². The maximum atomic E-state index is 13.9. The zero-order valence-electron chi connectivity index (χ0n) is 19.1. The summed E-state index contributed by atoms with van der Waals surface area (Å²) in [5, 5.41) is 3.06. The average Bonchev–Trinajstić information content (AvgIpc) is 3.31. The summed E-state index contributed by atoms with van der Waals surface area (Å²) in [6, 6.07) is 17.0. The number of amides is 1. The molecular weight excluding hydrogens is 441 g/mol. The van der Waals surface area contributed by atoms with Gasteiger partial charge in [-0.1, -0.05) is 42.5 Å². The molecule has 2 saturated heterocycles. The molecule has 3 heterocycles. The summed E-state index contributed by atoms with van der Waals surface area (Å²) >= 11 is 0. The standard InChI is InChI=1S/C26H29F3N4O/c1-17(34)30-22(18-7-3-2-4-8-18)13-14-32-19-11-12-20(32)16-21(15-19)33-24-10-6-5-9-23(24)31-25(33)26(27,28)29/h2-10,19-22H,11-16H2,1H3,(H,30,34). The van der Waals surface area contributed by atoms with Gasteiger partial charge < -0.3 is 9.88 Å². The molecule has 1 aromatic heterocycles. The van der Waals surface area contributed by atoms with E-state index in [1.807, 2.05) is 30.3 Å². The maximum absolute atomic E-state index is 13.9. The summed E-state index contributed by atoms with van der Waals surface area (Å²) in [6.07, 6.45) is -0.387. The summed E-state index contributed by atoms with van der Waals surface area (Å²) in [5.41, 5.74) is 2.02. The van der Waals surface area contributed by atoms with Crippen molar-refractivity contribution in [2.45, 2.75) is 69.4 Å². The van der Waals surface area contributed by atoms with E-state index in [1.54, 1.807) is 24.3 Å². The first-order valence-electron chi connectivity index (χ1n) is 11.9. The van der Waals surface area contributed by atoms with Crippen LogP contribution < -0.4 is 5.32 Å². The topological polar surface area (TPSA) is 50.2 Å². The van der Waals surface area contributed by atoms with Gasteiger partial charge in [0.15, 0.2) is 0 Å². The van der Waals surface area contributed by atoms with Crippen molar-refractivity contribution in [2.24, 2.45) is 0 Å². The number of hydrogen-bond acceptors (Lipinski definition) is 3. The molecule has 34 heavy (non-hydrogen) atoms. The van der Waals surface area contributed by atoms with Gasteiger partial charge in [-0.2, -0.15) is 13.2 Å². The Morgan fingerprint density at radius 1 is 1.03 bits per heavy atom. The number of aromatic nitrogens is 2. The summed E-state index contributed by atoms with van der Waals surface area (Å²) in [5.74, 6) is -0.858. The number of carbonyl (C=O) groups is 1. The van der Waals surface area contributed by atoms with Crippen LogP contribution in [-0.2, 0) is 11.0 Å². The van der Waals surface area contributed by atoms with E-state index in [0.717, 1.165) is 31.4 Å². The van der Waals surface area contributed by atoms with Gasteiger partial charge in [0, 0.05) is 31.6 Å². The third kappa shape index (κ3) is 4.43. The Morgan fingerprint density at radius 3 is 2.32 bits per heavy atom. The minimum absolute atomic E-state index is 0.0674. The lowest BCUT2D eigenvalue weighted by Gasteiger charge is -2.40. The van der Waals surface area contributed by atoms with E-state index >= 15 is 0 Å². The fraction of sp³-hybridized carbons (Fsp3) is 0.462. The fourth-order valence-electron chi connectivity index (χ4n) is 5.97. The number of piperidine rings is 1. The van der Waals surface area contributed by atoms with Gasteiger partial charge >= 0.3 is 6.18 Å². The number of rotatable bonds is 6. The summed E-state index contributed by atoms with van der Waals surface area (Å²) in [6.45, 7) is 2.33. The van der Waals surface area contributed by atoms with Crippen LogP contribution >= 0.6 is 0 Å². The number of alkyl halides is 3. The van der Waals surface area contributed by atoms with Crippen LogP contribution in [0.25, 0.3) is 11.0 Å². The van der Waals surface area contributed by atoms with Crippen LogP contribution in [0.4, 0.5) is 13.2 Å². The summed E-state index contributed by atoms with van der Waals surface area (Å²) < 4.78 is 43.1. The van der Waals surface area contributed by atoms with Crippen molar-refractivity contribution in [3.8, 4) is 0 Å². The van der Waals surface area contributed by atoms with E-state index in [4.69, 9.17) is 0 Å². The Hall–Kier alpha value is -2.87. The lowest BCUT2D eigenvalue weighted by Crippen LogP contribution is -2.45. The van der Waals surface area contributed by atoms with Crippen LogP contribution in [0, 0.1) is 0 Å². The maximum Gasteiger partial charge on any atom is 0.449 e. The molecule has 2 fully saturated rings. The SMILES string of the molecule is CC(=O)NC(CCN1C2CCC1CC(n1c(C(F)(F)F)nc3ccccc31)C2)c1ccccc1. The zero-order valence-corrected chi connectivity index (χ0v) is 19.1. The first kappa shape index (κ1) is 22.9. The Morgan fingerprint density at radius 2 is 1.68 bits per heavy atom. The highest BCUT2D eigenvalue weighted by Crippen LogP contribution is 2.44. The predicted molar refractivity (Wildman–Crippen MR) is 124 cm³/mol. The van der Waals surface area contributed by atoms with Crippen molar-refractivity contribution < 1.29 is 18.0 Å². The first-order chi connectivity index (χ1) is 16.3. The van der Waals surface area contributed by atoms with Gasteiger partial charge in [-0.05, 0) is 49.8 Å². The number of imidazole rings is 1. The molecule has 0 radical (unpaired) electrons. The molecule has 1 N–H and O–H groups in total. The highest BCUT2D eigenvalue weighted by Gasteiger charge is 2.45. The van der Waals surface area contributed by atoms with Crippen LogP contribution in [0.1, 0.15) is 62.5 Å². The lowest BCUT2D eigenvalue weighted by atomic mass is 9.95. The molecule has 0 spiro atoms. The second-order valence-electron chi connectivity index (χ2n) is 9.49. The molecule has 2 aliphatic rings. The van der Waals surface area contributed by atoms with Crippen molar-refractivity contribution in [1.82, 2.24) is 19.8 Å². The van der Waals surface area contributed by atoms with Gasteiger partial charge in [-0.25, -0.2) is 4.98 Å². The molecular formula is C26H29F3N4O. The number of carbonyl (C=O) groups excluding carboxylic acids is 1. The normalized spacial score (nSPS) is 23.8. The first-order valence-corrected chi connectivity index (χ1v) is 11.9. The number of para-hydroxylation sites is 2. The van der Waals surface area contributed by atoms with Gasteiger partial charge in [-0.3, -0.25) is 9.69 Å². The van der Waals surface area contributed by atoms with Gasteiger partial charge in [-0.15, -0.1) is 0 Å². The third-order valence-corrected chi connectivity index (χ3v) is 7.33. The quantitative estimate of drug-likeness (QED) is 0.518. The van der Waals surface area contributed by atoms with Crippen LogP contribution in [0.3, 0.4) is 0 Å². The Balaban J connectivity index is 1.35.